The highest BCUT2D eigenvalue weighted by atomic mass is 16.5. The number of esters is 1. The van der Waals surface area contributed by atoms with Gasteiger partial charge >= 0.3 is 5.97 Å². The summed E-state index contributed by atoms with van der Waals surface area (Å²) in [7, 11) is 5.27. The van der Waals surface area contributed by atoms with E-state index in [4.69, 9.17) is 19.9 Å². The van der Waals surface area contributed by atoms with Crippen LogP contribution in [-0.4, -0.2) is 64.5 Å². The molecule has 1 heterocycles. The minimum atomic E-state index is -0.426. The van der Waals surface area contributed by atoms with Crippen LogP contribution in [0.4, 0.5) is 11.4 Å². The molecule has 1 aromatic rings. The Morgan fingerprint density at radius 3 is 2.78 bits per heavy atom. The van der Waals surface area contributed by atoms with Crippen LogP contribution in [0.1, 0.15) is 16.8 Å². The summed E-state index contributed by atoms with van der Waals surface area (Å²) >= 11 is 0. The number of carbonyl (C=O) groups is 1. The number of hydrogen-bond acceptors (Lipinski definition) is 7. The topological polar surface area (TPSA) is 86.0 Å². The average Bonchev–Trinajstić information content (AvgIpc) is 2.47. The molecule has 1 atom stereocenters. The Morgan fingerprint density at radius 2 is 2.22 bits per heavy atom. The number of nitrogen functional groups attached to an aromatic ring is 1. The molecule has 2 rings (SSSR count). The van der Waals surface area contributed by atoms with Crippen LogP contribution in [0, 0.1) is 0 Å². The molecule has 0 aliphatic carbocycles. The van der Waals surface area contributed by atoms with E-state index in [1.54, 1.807) is 12.1 Å². The number of nitrogens with two attached hydrogens (primary N) is 1. The summed E-state index contributed by atoms with van der Waals surface area (Å²) in [4.78, 5) is 13.8. The van der Waals surface area contributed by atoms with E-state index in [-0.39, 0.29) is 6.10 Å². The van der Waals surface area contributed by atoms with E-state index in [1.165, 1.54) is 7.11 Å². The van der Waals surface area contributed by atoms with Crippen molar-refractivity contribution in [1.29, 1.82) is 0 Å². The monoisotopic (exact) mass is 323 g/mol. The fourth-order valence-electron chi connectivity index (χ4n) is 2.14. The van der Waals surface area contributed by atoms with Crippen LogP contribution in [0.3, 0.4) is 0 Å². The van der Waals surface area contributed by atoms with Gasteiger partial charge in [0.05, 0.1) is 30.2 Å². The Hall–Kier alpha value is -1.99. The quantitative estimate of drug-likeness (QED) is 0.549. The minimum absolute atomic E-state index is 0.189. The normalized spacial score (nSPS) is 16.8. The van der Waals surface area contributed by atoms with Crippen molar-refractivity contribution in [3.63, 3.8) is 0 Å². The van der Waals surface area contributed by atoms with E-state index < -0.39 is 5.97 Å². The predicted octanol–water partition coefficient (Wildman–Crippen LogP) is 1.20. The van der Waals surface area contributed by atoms with Crippen molar-refractivity contribution < 1.29 is 19.0 Å². The molecule has 0 unspecified atom stereocenters. The molecule has 1 aliphatic heterocycles. The van der Waals surface area contributed by atoms with Crippen molar-refractivity contribution >= 4 is 17.3 Å². The van der Waals surface area contributed by atoms with Gasteiger partial charge in [-0.05, 0) is 32.6 Å². The van der Waals surface area contributed by atoms with Gasteiger partial charge in [0.1, 0.15) is 12.4 Å². The van der Waals surface area contributed by atoms with Crippen molar-refractivity contribution in [2.45, 2.75) is 12.5 Å². The molecule has 7 heteroatoms. The fourth-order valence-corrected chi connectivity index (χ4v) is 2.14. The number of hydrogen-bond donors (Lipinski definition) is 2. The van der Waals surface area contributed by atoms with E-state index in [0.29, 0.717) is 35.8 Å². The molecule has 0 amide bonds. The molecule has 0 radical (unpaired) electrons. The van der Waals surface area contributed by atoms with Crippen LogP contribution in [0.15, 0.2) is 12.1 Å². The van der Waals surface area contributed by atoms with Gasteiger partial charge < -0.3 is 30.2 Å². The fraction of sp³-hybridized carbons (Fsp3) is 0.562. The zero-order valence-corrected chi connectivity index (χ0v) is 13.9. The van der Waals surface area contributed by atoms with Crippen molar-refractivity contribution in [2.75, 3.05) is 58.6 Å². The Labute approximate surface area is 136 Å². The van der Waals surface area contributed by atoms with Gasteiger partial charge in [0, 0.05) is 19.7 Å². The molecule has 0 saturated carbocycles. The molecule has 1 fully saturated rings. The second-order valence-electron chi connectivity index (χ2n) is 5.74. The van der Waals surface area contributed by atoms with Gasteiger partial charge in [-0.3, -0.25) is 0 Å². The van der Waals surface area contributed by atoms with Gasteiger partial charge in [-0.25, -0.2) is 4.79 Å². The first-order valence-electron chi connectivity index (χ1n) is 7.66. The van der Waals surface area contributed by atoms with E-state index in [9.17, 15) is 4.79 Å². The van der Waals surface area contributed by atoms with Crippen LogP contribution in [0.2, 0.25) is 0 Å². The zero-order valence-electron chi connectivity index (χ0n) is 13.9. The molecular weight excluding hydrogens is 298 g/mol. The second kappa shape index (κ2) is 8.03. The number of likely N-dealkylation sites (N-methyl/N-ethyl adjacent to an activating group) is 1. The van der Waals surface area contributed by atoms with Gasteiger partial charge in [-0.15, -0.1) is 0 Å². The lowest BCUT2D eigenvalue weighted by Crippen LogP contribution is -2.33. The van der Waals surface area contributed by atoms with Gasteiger partial charge in [0.2, 0.25) is 0 Å². The third-order valence-electron chi connectivity index (χ3n) is 3.67. The van der Waals surface area contributed by atoms with E-state index >= 15 is 0 Å². The number of methoxy groups -OCH3 is 1. The Bertz CT molecular complexity index is 544. The number of nitrogens with one attached hydrogen (secondary N) is 1. The smallest absolute Gasteiger partial charge is 0.338 e. The molecule has 0 spiro atoms. The number of anilines is 2. The summed E-state index contributed by atoms with van der Waals surface area (Å²) in [6.07, 6.45) is 1.21. The maximum atomic E-state index is 11.8. The first kappa shape index (κ1) is 17.4. The van der Waals surface area contributed by atoms with Crippen molar-refractivity contribution in [1.82, 2.24) is 4.90 Å². The number of rotatable bonds is 8. The number of ether oxygens (including phenoxy) is 3. The summed E-state index contributed by atoms with van der Waals surface area (Å²) < 4.78 is 15.9. The summed E-state index contributed by atoms with van der Waals surface area (Å²) in [5.41, 5.74) is 7.70. The van der Waals surface area contributed by atoms with Gasteiger partial charge in [0.15, 0.2) is 0 Å². The Balaban J connectivity index is 2.14. The van der Waals surface area contributed by atoms with Crippen LogP contribution in [0.5, 0.6) is 5.75 Å². The van der Waals surface area contributed by atoms with Gasteiger partial charge in [-0.1, -0.05) is 0 Å². The third kappa shape index (κ3) is 4.74. The number of benzene rings is 1. The average molecular weight is 323 g/mol. The largest absolute Gasteiger partial charge is 0.490 e. The van der Waals surface area contributed by atoms with Gasteiger partial charge in [0.25, 0.3) is 0 Å². The van der Waals surface area contributed by atoms with E-state index in [2.05, 4.69) is 5.32 Å². The lowest BCUT2D eigenvalue weighted by Gasteiger charge is -2.27. The Kier molecular flexibility index (Phi) is 6.06. The van der Waals surface area contributed by atoms with Crippen LogP contribution in [0.25, 0.3) is 0 Å². The summed E-state index contributed by atoms with van der Waals surface area (Å²) in [5.74, 6) is 0.0529. The number of carbonyl (C=O) groups excluding carboxylic acids is 1. The van der Waals surface area contributed by atoms with E-state index in [0.717, 1.165) is 19.6 Å². The first-order chi connectivity index (χ1) is 11.0. The molecular formula is C16H25N3O4. The summed E-state index contributed by atoms with van der Waals surface area (Å²) in [6, 6.07) is 3.29. The molecule has 0 aromatic heterocycles. The maximum absolute atomic E-state index is 11.8. The standard InChI is InChI=1S/C16H25N3O4/c1-19(2)5-7-23-14-9-11(16(20)21-3)8-13(15(14)17)18-10-12-4-6-22-12/h8-9,12,18H,4-7,10,17H2,1-3H3/t12-/m0/s1. The van der Waals surface area contributed by atoms with Crippen LogP contribution >= 0.6 is 0 Å². The molecule has 1 saturated heterocycles. The van der Waals surface area contributed by atoms with Gasteiger partial charge in [-0.2, -0.15) is 0 Å². The van der Waals surface area contributed by atoms with Crippen molar-refractivity contribution in [3.8, 4) is 5.75 Å². The SMILES string of the molecule is COC(=O)c1cc(NC[C@@H]2CCO2)c(N)c(OCCN(C)C)c1. The second-order valence-corrected chi connectivity index (χ2v) is 5.74. The van der Waals surface area contributed by atoms with Crippen molar-refractivity contribution in [2.24, 2.45) is 0 Å². The summed E-state index contributed by atoms with van der Waals surface area (Å²) in [6.45, 7) is 2.67. The Morgan fingerprint density at radius 1 is 1.48 bits per heavy atom. The molecule has 128 valence electrons. The molecule has 3 N–H and O–H groups in total. The highest BCUT2D eigenvalue weighted by Gasteiger charge is 2.19. The molecule has 1 aliphatic rings. The lowest BCUT2D eigenvalue weighted by atomic mass is 10.1. The molecule has 23 heavy (non-hydrogen) atoms. The van der Waals surface area contributed by atoms with Crippen molar-refractivity contribution in [3.05, 3.63) is 17.7 Å². The molecule has 0 bridgehead atoms. The summed E-state index contributed by atoms with van der Waals surface area (Å²) in [5, 5.41) is 3.23. The minimum Gasteiger partial charge on any atom is -0.490 e. The highest BCUT2D eigenvalue weighted by Crippen LogP contribution is 2.32. The lowest BCUT2D eigenvalue weighted by molar-refractivity contribution is -0.0410. The zero-order chi connectivity index (χ0) is 16.8. The number of nitrogens with zero attached hydrogens (tertiary/aromatic N) is 1. The highest BCUT2D eigenvalue weighted by molar-refractivity contribution is 5.93. The van der Waals surface area contributed by atoms with Crippen LogP contribution in [-0.2, 0) is 9.47 Å². The third-order valence-corrected chi connectivity index (χ3v) is 3.67. The molecule has 1 aromatic carbocycles. The van der Waals surface area contributed by atoms with E-state index in [1.807, 2.05) is 19.0 Å². The predicted molar refractivity (Wildman–Crippen MR) is 89.1 cm³/mol. The molecule has 7 nitrogen and oxygen atoms in total. The first-order valence-corrected chi connectivity index (χ1v) is 7.66. The maximum Gasteiger partial charge on any atom is 0.338 e. The van der Waals surface area contributed by atoms with Crippen LogP contribution < -0.4 is 15.8 Å².